The lowest BCUT2D eigenvalue weighted by Gasteiger charge is -2.28. The maximum absolute atomic E-state index is 12.5. The molecule has 2 aromatic carbocycles. The van der Waals surface area contributed by atoms with E-state index in [-0.39, 0.29) is 17.9 Å². The summed E-state index contributed by atoms with van der Waals surface area (Å²) in [6, 6.07) is 15.9. The third-order valence-corrected chi connectivity index (χ3v) is 4.91. The van der Waals surface area contributed by atoms with E-state index in [2.05, 4.69) is 5.32 Å². The topological polar surface area (TPSA) is 47.6 Å². The van der Waals surface area contributed by atoms with Gasteiger partial charge in [-0.15, -0.1) is 0 Å². The van der Waals surface area contributed by atoms with E-state index >= 15 is 0 Å². The SMILES string of the molecule is COc1ccc(C[C@@H](NC(=O)C2CCC2)c2ccc(OC)cc2)cc1. The molecule has 4 nitrogen and oxygen atoms in total. The van der Waals surface area contributed by atoms with E-state index in [1.165, 1.54) is 0 Å². The summed E-state index contributed by atoms with van der Waals surface area (Å²) in [5.41, 5.74) is 2.25. The minimum atomic E-state index is -0.0487. The van der Waals surface area contributed by atoms with Gasteiger partial charge in [-0.05, 0) is 54.7 Å². The molecule has 0 heterocycles. The fraction of sp³-hybridized carbons (Fsp3) is 0.381. The zero-order chi connectivity index (χ0) is 17.6. The second-order valence-corrected chi connectivity index (χ2v) is 6.51. The Kier molecular flexibility index (Phi) is 5.59. The van der Waals surface area contributed by atoms with E-state index in [0.717, 1.165) is 48.3 Å². The summed E-state index contributed by atoms with van der Waals surface area (Å²) >= 11 is 0. The van der Waals surface area contributed by atoms with Gasteiger partial charge in [0.05, 0.1) is 20.3 Å². The molecule has 3 rings (SSSR count). The van der Waals surface area contributed by atoms with Crippen molar-refractivity contribution >= 4 is 5.91 Å². The molecule has 0 aliphatic heterocycles. The van der Waals surface area contributed by atoms with Crippen LogP contribution in [0.3, 0.4) is 0 Å². The first-order valence-corrected chi connectivity index (χ1v) is 8.77. The Morgan fingerprint density at radius 3 is 2.04 bits per heavy atom. The molecule has 0 aromatic heterocycles. The van der Waals surface area contributed by atoms with Crippen LogP contribution >= 0.6 is 0 Å². The van der Waals surface area contributed by atoms with Crippen LogP contribution < -0.4 is 14.8 Å². The first kappa shape index (κ1) is 17.3. The molecule has 0 saturated heterocycles. The van der Waals surface area contributed by atoms with Gasteiger partial charge in [0.15, 0.2) is 0 Å². The van der Waals surface area contributed by atoms with Crippen molar-refractivity contribution < 1.29 is 14.3 Å². The van der Waals surface area contributed by atoms with E-state index in [4.69, 9.17) is 9.47 Å². The minimum Gasteiger partial charge on any atom is -0.497 e. The number of amides is 1. The molecule has 132 valence electrons. The molecule has 0 radical (unpaired) electrons. The van der Waals surface area contributed by atoms with Crippen LogP contribution in [0.15, 0.2) is 48.5 Å². The summed E-state index contributed by atoms with van der Waals surface area (Å²) in [7, 11) is 3.32. The van der Waals surface area contributed by atoms with Crippen LogP contribution in [0.1, 0.15) is 36.4 Å². The Morgan fingerprint density at radius 2 is 1.56 bits per heavy atom. The molecule has 1 saturated carbocycles. The maximum atomic E-state index is 12.5. The van der Waals surface area contributed by atoms with Gasteiger partial charge in [-0.25, -0.2) is 0 Å². The van der Waals surface area contributed by atoms with Crippen molar-refractivity contribution in [2.24, 2.45) is 5.92 Å². The Hall–Kier alpha value is -2.49. The number of hydrogen-bond acceptors (Lipinski definition) is 3. The summed E-state index contributed by atoms with van der Waals surface area (Å²) in [5, 5.41) is 3.24. The number of ether oxygens (including phenoxy) is 2. The highest BCUT2D eigenvalue weighted by atomic mass is 16.5. The minimum absolute atomic E-state index is 0.0487. The van der Waals surface area contributed by atoms with Gasteiger partial charge in [-0.3, -0.25) is 4.79 Å². The predicted molar refractivity (Wildman–Crippen MR) is 97.9 cm³/mol. The van der Waals surface area contributed by atoms with Gasteiger partial charge in [0.25, 0.3) is 0 Å². The van der Waals surface area contributed by atoms with Crippen molar-refractivity contribution in [2.75, 3.05) is 14.2 Å². The molecule has 0 bridgehead atoms. The molecule has 1 aliphatic rings. The van der Waals surface area contributed by atoms with Gasteiger partial charge in [-0.2, -0.15) is 0 Å². The molecule has 1 N–H and O–H groups in total. The summed E-state index contributed by atoms with van der Waals surface area (Å²) < 4.78 is 10.5. The standard InChI is InChI=1S/C21H25NO3/c1-24-18-10-6-15(7-11-18)14-20(22-21(23)17-4-3-5-17)16-8-12-19(25-2)13-9-16/h6-13,17,20H,3-5,14H2,1-2H3,(H,22,23)/t20-/m1/s1. The number of carbonyl (C=O) groups excluding carboxylic acids is 1. The van der Waals surface area contributed by atoms with Crippen LogP contribution in [-0.2, 0) is 11.2 Å². The lowest BCUT2D eigenvalue weighted by Crippen LogP contribution is -2.37. The van der Waals surface area contributed by atoms with Crippen LogP contribution in [0.4, 0.5) is 0 Å². The molecular weight excluding hydrogens is 314 g/mol. The molecule has 0 spiro atoms. The van der Waals surface area contributed by atoms with Gasteiger partial charge in [0.1, 0.15) is 11.5 Å². The molecule has 1 atom stereocenters. The van der Waals surface area contributed by atoms with E-state index < -0.39 is 0 Å². The van der Waals surface area contributed by atoms with Gasteiger partial charge in [0.2, 0.25) is 5.91 Å². The van der Waals surface area contributed by atoms with Gasteiger partial charge in [0, 0.05) is 5.92 Å². The van der Waals surface area contributed by atoms with E-state index in [9.17, 15) is 4.79 Å². The molecule has 1 aliphatic carbocycles. The number of rotatable bonds is 7. The van der Waals surface area contributed by atoms with Crippen molar-refractivity contribution in [1.82, 2.24) is 5.32 Å². The van der Waals surface area contributed by atoms with E-state index in [0.29, 0.717) is 0 Å². The molecule has 25 heavy (non-hydrogen) atoms. The first-order chi connectivity index (χ1) is 12.2. The Balaban J connectivity index is 1.77. The molecule has 2 aromatic rings. The van der Waals surface area contributed by atoms with E-state index in [1.807, 2.05) is 48.5 Å². The Morgan fingerprint density at radius 1 is 1.00 bits per heavy atom. The number of carbonyl (C=O) groups is 1. The fourth-order valence-electron chi connectivity index (χ4n) is 3.05. The van der Waals surface area contributed by atoms with Crippen molar-refractivity contribution in [3.05, 3.63) is 59.7 Å². The number of methoxy groups -OCH3 is 2. The number of hydrogen-bond donors (Lipinski definition) is 1. The number of benzene rings is 2. The quantitative estimate of drug-likeness (QED) is 0.832. The largest absolute Gasteiger partial charge is 0.497 e. The monoisotopic (exact) mass is 339 g/mol. The predicted octanol–water partition coefficient (Wildman–Crippen LogP) is 3.90. The third kappa shape index (κ3) is 4.32. The average Bonchev–Trinajstić information content (AvgIpc) is 2.60. The fourth-order valence-corrected chi connectivity index (χ4v) is 3.05. The maximum Gasteiger partial charge on any atom is 0.223 e. The van der Waals surface area contributed by atoms with Gasteiger partial charge >= 0.3 is 0 Å². The summed E-state index contributed by atoms with van der Waals surface area (Å²) in [6.45, 7) is 0. The van der Waals surface area contributed by atoms with Crippen LogP contribution in [-0.4, -0.2) is 20.1 Å². The van der Waals surface area contributed by atoms with Crippen molar-refractivity contribution in [1.29, 1.82) is 0 Å². The average molecular weight is 339 g/mol. The second kappa shape index (κ2) is 8.06. The summed E-state index contributed by atoms with van der Waals surface area (Å²) in [6.07, 6.45) is 3.91. The molecule has 1 amide bonds. The second-order valence-electron chi connectivity index (χ2n) is 6.51. The van der Waals surface area contributed by atoms with Crippen LogP contribution in [0.25, 0.3) is 0 Å². The number of nitrogens with one attached hydrogen (secondary N) is 1. The normalized spacial score (nSPS) is 15.1. The highest BCUT2D eigenvalue weighted by Gasteiger charge is 2.27. The van der Waals surface area contributed by atoms with Crippen LogP contribution in [0.5, 0.6) is 11.5 Å². The zero-order valence-electron chi connectivity index (χ0n) is 14.8. The summed E-state index contributed by atoms with van der Waals surface area (Å²) in [4.78, 5) is 12.5. The first-order valence-electron chi connectivity index (χ1n) is 8.77. The van der Waals surface area contributed by atoms with E-state index in [1.54, 1.807) is 14.2 Å². The zero-order valence-corrected chi connectivity index (χ0v) is 14.8. The third-order valence-electron chi connectivity index (χ3n) is 4.91. The summed E-state index contributed by atoms with van der Waals surface area (Å²) in [5.74, 6) is 2.00. The van der Waals surface area contributed by atoms with Crippen molar-refractivity contribution in [3.63, 3.8) is 0 Å². The van der Waals surface area contributed by atoms with Gasteiger partial charge < -0.3 is 14.8 Å². The lowest BCUT2D eigenvalue weighted by molar-refractivity contribution is -0.128. The lowest BCUT2D eigenvalue weighted by atomic mass is 9.84. The molecule has 0 unspecified atom stereocenters. The Bertz CT molecular complexity index is 690. The van der Waals surface area contributed by atoms with Crippen molar-refractivity contribution in [3.8, 4) is 11.5 Å². The van der Waals surface area contributed by atoms with Crippen LogP contribution in [0.2, 0.25) is 0 Å². The van der Waals surface area contributed by atoms with Gasteiger partial charge in [-0.1, -0.05) is 30.7 Å². The molecular formula is C21H25NO3. The highest BCUT2D eigenvalue weighted by molar-refractivity contribution is 5.79. The van der Waals surface area contributed by atoms with Crippen LogP contribution in [0, 0.1) is 5.92 Å². The van der Waals surface area contributed by atoms with Crippen molar-refractivity contribution in [2.45, 2.75) is 31.7 Å². The molecule has 1 fully saturated rings. The Labute approximate surface area is 149 Å². The smallest absolute Gasteiger partial charge is 0.223 e. The highest BCUT2D eigenvalue weighted by Crippen LogP contribution is 2.28. The molecule has 4 heteroatoms.